The van der Waals surface area contributed by atoms with Crippen molar-refractivity contribution in [2.45, 2.75) is 52.1 Å². The van der Waals surface area contributed by atoms with Crippen LogP contribution in [0.15, 0.2) is 0 Å². The number of nitrogens with one attached hydrogen (secondary N) is 1. The molecule has 0 aromatic heterocycles. The van der Waals surface area contributed by atoms with E-state index in [4.69, 9.17) is 4.74 Å². The van der Waals surface area contributed by atoms with Crippen molar-refractivity contribution in [3.63, 3.8) is 0 Å². The van der Waals surface area contributed by atoms with E-state index in [0.717, 1.165) is 31.9 Å². The summed E-state index contributed by atoms with van der Waals surface area (Å²) in [6.07, 6.45) is 5.38. The van der Waals surface area contributed by atoms with Crippen LogP contribution in [0.3, 0.4) is 0 Å². The molecular formula is C16H33NO3. The summed E-state index contributed by atoms with van der Waals surface area (Å²) >= 11 is 0. The van der Waals surface area contributed by atoms with E-state index in [-0.39, 0.29) is 0 Å². The molecule has 4 nitrogen and oxygen atoms in total. The van der Waals surface area contributed by atoms with E-state index in [1.165, 1.54) is 19.3 Å². The first-order valence-electron chi connectivity index (χ1n) is 8.20. The SMILES string of the molecule is CC(C)CCCOCC(O)CNCC1CCCC1CO. The van der Waals surface area contributed by atoms with Gasteiger partial charge in [-0.2, -0.15) is 0 Å². The fourth-order valence-corrected chi connectivity index (χ4v) is 2.93. The van der Waals surface area contributed by atoms with E-state index >= 15 is 0 Å². The van der Waals surface area contributed by atoms with Crippen LogP contribution in [-0.2, 0) is 4.74 Å². The smallest absolute Gasteiger partial charge is 0.0897 e. The molecule has 1 saturated carbocycles. The summed E-state index contributed by atoms with van der Waals surface area (Å²) in [5.41, 5.74) is 0. The molecule has 1 aliphatic carbocycles. The fourth-order valence-electron chi connectivity index (χ4n) is 2.93. The van der Waals surface area contributed by atoms with Gasteiger partial charge in [0, 0.05) is 19.8 Å². The summed E-state index contributed by atoms with van der Waals surface area (Å²) in [6.45, 7) is 7.36. The number of ether oxygens (including phenoxy) is 1. The average molecular weight is 287 g/mol. The Morgan fingerprint density at radius 1 is 1.25 bits per heavy atom. The van der Waals surface area contributed by atoms with Gasteiger partial charge in [-0.05, 0) is 50.0 Å². The van der Waals surface area contributed by atoms with E-state index in [1.807, 2.05) is 0 Å². The lowest BCUT2D eigenvalue weighted by atomic mass is 9.97. The molecule has 0 saturated heterocycles. The topological polar surface area (TPSA) is 61.7 Å². The molecule has 3 N–H and O–H groups in total. The Morgan fingerprint density at radius 3 is 2.70 bits per heavy atom. The molecule has 0 amide bonds. The molecule has 4 heteroatoms. The van der Waals surface area contributed by atoms with Crippen LogP contribution >= 0.6 is 0 Å². The normalized spacial score (nSPS) is 24.4. The number of aliphatic hydroxyl groups is 2. The van der Waals surface area contributed by atoms with E-state index in [0.29, 0.717) is 31.6 Å². The van der Waals surface area contributed by atoms with Crippen molar-refractivity contribution in [2.75, 3.05) is 32.9 Å². The van der Waals surface area contributed by atoms with Crippen molar-refractivity contribution in [1.29, 1.82) is 0 Å². The highest BCUT2D eigenvalue weighted by molar-refractivity contribution is 4.78. The van der Waals surface area contributed by atoms with Gasteiger partial charge in [0.2, 0.25) is 0 Å². The lowest BCUT2D eigenvalue weighted by molar-refractivity contribution is 0.0340. The Hall–Kier alpha value is -0.160. The van der Waals surface area contributed by atoms with Gasteiger partial charge in [-0.15, -0.1) is 0 Å². The van der Waals surface area contributed by atoms with Gasteiger partial charge in [0.15, 0.2) is 0 Å². The van der Waals surface area contributed by atoms with Gasteiger partial charge < -0.3 is 20.3 Å². The molecule has 20 heavy (non-hydrogen) atoms. The van der Waals surface area contributed by atoms with Crippen molar-refractivity contribution >= 4 is 0 Å². The monoisotopic (exact) mass is 287 g/mol. The third kappa shape index (κ3) is 7.58. The van der Waals surface area contributed by atoms with Crippen molar-refractivity contribution < 1.29 is 14.9 Å². The number of aliphatic hydroxyl groups excluding tert-OH is 2. The minimum absolute atomic E-state index is 0.299. The molecule has 3 atom stereocenters. The van der Waals surface area contributed by atoms with E-state index < -0.39 is 6.10 Å². The molecule has 0 aliphatic heterocycles. The molecule has 1 aliphatic rings. The molecule has 120 valence electrons. The van der Waals surface area contributed by atoms with Gasteiger partial charge in [-0.25, -0.2) is 0 Å². The molecule has 1 rings (SSSR count). The molecule has 0 aromatic rings. The molecule has 0 aromatic carbocycles. The Bertz CT molecular complexity index is 236. The van der Waals surface area contributed by atoms with Crippen LogP contribution in [0.25, 0.3) is 0 Å². The van der Waals surface area contributed by atoms with Crippen molar-refractivity contribution in [2.24, 2.45) is 17.8 Å². The zero-order chi connectivity index (χ0) is 14.8. The Kier molecular flexibility index (Phi) is 9.44. The van der Waals surface area contributed by atoms with Crippen LogP contribution < -0.4 is 5.32 Å². The van der Waals surface area contributed by atoms with Gasteiger partial charge >= 0.3 is 0 Å². The lowest BCUT2D eigenvalue weighted by Crippen LogP contribution is -2.35. The molecule has 0 spiro atoms. The van der Waals surface area contributed by atoms with Crippen LogP contribution in [0, 0.1) is 17.8 Å². The number of rotatable bonds is 11. The summed E-state index contributed by atoms with van der Waals surface area (Å²) in [4.78, 5) is 0. The standard InChI is InChI=1S/C16H33NO3/c1-13(2)5-4-8-20-12-16(19)10-17-9-14-6-3-7-15(14)11-18/h13-19H,3-12H2,1-2H3. The average Bonchev–Trinajstić information content (AvgIpc) is 2.85. The zero-order valence-corrected chi connectivity index (χ0v) is 13.2. The first kappa shape index (κ1) is 17.9. The summed E-state index contributed by atoms with van der Waals surface area (Å²) in [6, 6.07) is 0. The Morgan fingerprint density at radius 2 is 2.00 bits per heavy atom. The summed E-state index contributed by atoms with van der Waals surface area (Å²) in [5, 5.41) is 22.4. The predicted octanol–water partition coefficient (Wildman–Crippen LogP) is 1.80. The number of hydrogen-bond acceptors (Lipinski definition) is 4. The molecule has 1 fully saturated rings. The van der Waals surface area contributed by atoms with Gasteiger partial charge in [-0.1, -0.05) is 20.3 Å². The van der Waals surface area contributed by atoms with Crippen LogP contribution in [-0.4, -0.2) is 49.2 Å². The molecule has 0 heterocycles. The maximum Gasteiger partial charge on any atom is 0.0897 e. The largest absolute Gasteiger partial charge is 0.396 e. The van der Waals surface area contributed by atoms with E-state index in [2.05, 4.69) is 19.2 Å². The second kappa shape index (κ2) is 10.6. The van der Waals surface area contributed by atoms with Crippen LogP contribution in [0.2, 0.25) is 0 Å². The Labute approximate surface area is 123 Å². The van der Waals surface area contributed by atoms with Crippen molar-refractivity contribution in [3.8, 4) is 0 Å². The molecule has 0 bridgehead atoms. The van der Waals surface area contributed by atoms with E-state index in [1.54, 1.807) is 0 Å². The lowest BCUT2D eigenvalue weighted by Gasteiger charge is -2.19. The highest BCUT2D eigenvalue weighted by Gasteiger charge is 2.26. The maximum absolute atomic E-state index is 9.82. The van der Waals surface area contributed by atoms with Crippen molar-refractivity contribution in [1.82, 2.24) is 5.32 Å². The summed E-state index contributed by atoms with van der Waals surface area (Å²) in [7, 11) is 0. The second-order valence-corrected chi connectivity index (χ2v) is 6.56. The first-order chi connectivity index (χ1) is 9.63. The van der Waals surface area contributed by atoms with Crippen LogP contribution in [0.5, 0.6) is 0 Å². The van der Waals surface area contributed by atoms with Gasteiger partial charge in [0.05, 0.1) is 12.7 Å². The van der Waals surface area contributed by atoms with Gasteiger partial charge in [0.25, 0.3) is 0 Å². The van der Waals surface area contributed by atoms with Gasteiger partial charge in [-0.3, -0.25) is 0 Å². The molecular weight excluding hydrogens is 254 g/mol. The minimum Gasteiger partial charge on any atom is -0.396 e. The molecule has 0 radical (unpaired) electrons. The molecule has 3 unspecified atom stereocenters. The second-order valence-electron chi connectivity index (χ2n) is 6.56. The highest BCUT2D eigenvalue weighted by atomic mass is 16.5. The fraction of sp³-hybridized carbons (Fsp3) is 1.00. The number of hydrogen-bond donors (Lipinski definition) is 3. The van der Waals surface area contributed by atoms with Crippen LogP contribution in [0.4, 0.5) is 0 Å². The Balaban J connectivity index is 1.96. The third-order valence-corrected chi connectivity index (χ3v) is 4.22. The van der Waals surface area contributed by atoms with Gasteiger partial charge in [0.1, 0.15) is 0 Å². The zero-order valence-electron chi connectivity index (χ0n) is 13.2. The first-order valence-corrected chi connectivity index (χ1v) is 8.20. The van der Waals surface area contributed by atoms with Crippen molar-refractivity contribution in [3.05, 3.63) is 0 Å². The summed E-state index contributed by atoms with van der Waals surface area (Å²) in [5.74, 6) is 1.74. The quantitative estimate of drug-likeness (QED) is 0.507. The predicted molar refractivity (Wildman–Crippen MR) is 81.7 cm³/mol. The minimum atomic E-state index is -0.428. The van der Waals surface area contributed by atoms with E-state index in [9.17, 15) is 10.2 Å². The highest BCUT2D eigenvalue weighted by Crippen LogP contribution is 2.30. The summed E-state index contributed by atoms with van der Waals surface area (Å²) < 4.78 is 5.48. The maximum atomic E-state index is 9.82. The van der Waals surface area contributed by atoms with Crippen LogP contribution in [0.1, 0.15) is 46.0 Å². The third-order valence-electron chi connectivity index (χ3n) is 4.22.